The van der Waals surface area contributed by atoms with E-state index in [-0.39, 0.29) is 5.91 Å². The first kappa shape index (κ1) is 19.8. The number of amides is 1. The lowest BCUT2D eigenvalue weighted by molar-refractivity contribution is -0.122. The van der Waals surface area contributed by atoms with Crippen LogP contribution >= 0.6 is 11.6 Å². The Hall–Kier alpha value is -2.53. The number of anilines is 1. The van der Waals surface area contributed by atoms with Gasteiger partial charge in [0.1, 0.15) is 5.75 Å². The zero-order chi connectivity index (χ0) is 19.1. The number of carbonyl (C=O) groups excluding carboxylic acids is 2. The summed E-state index contributed by atoms with van der Waals surface area (Å²) in [4.78, 5) is 24.3. The van der Waals surface area contributed by atoms with Crippen molar-refractivity contribution in [1.82, 2.24) is 0 Å². The number of benzene rings is 2. The fourth-order valence-electron chi connectivity index (χ4n) is 2.34. The van der Waals surface area contributed by atoms with Crippen molar-refractivity contribution in [3.8, 4) is 5.75 Å². The fraction of sp³-hybridized carbons (Fsp3) is 0.300. The Morgan fingerprint density at radius 2 is 1.92 bits per heavy atom. The molecule has 2 rings (SSSR count). The van der Waals surface area contributed by atoms with Crippen molar-refractivity contribution in [2.24, 2.45) is 0 Å². The van der Waals surface area contributed by atoms with Gasteiger partial charge in [0, 0.05) is 10.7 Å². The third kappa shape index (κ3) is 5.23. The van der Waals surface area contributed by atoms with E-state index < -0.39 is 12.1 Å². The highest BCUT2D eigenvalue weighted by atomic mass is 35.5. The van der Waals surface area contributed by atoms with E-state index in [2.05, 4.69) is 5.32 Å². The van der Waals surface area contributed by atoms with Crippen LogP contribution in [0.2, 0.25) is 5.02 Å². The summed E-state index contributed by atoms with van der Waals surface area (Å²) < 4.78 is 10.8. The van der Waals surface area contributed by atoms with Crippen LogP contribution in [0.25, 0.3) is 0 Å². The molecular weight excluding hydrogens is 354 g/mol. The van der Waals surface area contributed by atoms with Crippen molar-refractivity contribution >= 4 is 29.2 Å². The van der Waals surface area contributed by atoms with Gasteiger partial charge in [-0.25, -0.2) is 4.79 Å². The molecule has 0 aliphatic rings. The van der Waals surface area contributed by atoms with Crippen LogP contribution in [0, 0.1) is 6.92 Å². The first-order valence-electron chi connectivity index (χ1n) is 8.45. The maximum Gasteiger partial charge on any atom is 0.338 e. The Morgan fingerprint density at radius 3 is 2.58 bits per heavy atom. The van der Waals surface area contributed by atoms with Gasteiger partial charge in [0.05, 0.1) is 12.2 Å². The lowest BCUT2D eigenvalue weighted by Crippen LogP contribution is -2.32. The number of aryl methyl sites for hydroxylation is 1. The zero-order valence-electron chi connectivity index (χ0n) is 15.0. The van der Waals surface area contributed by atoms with Gasteiger partial charge < -0.3 is 14.8 Å². The highest BCUT2D eigenvalue weighted by molar-refractivity contribution is 6.31. The van der Waals surface area contributed by atoms with Gasteiger partial charge in [-0.05, 0) is 62.2 Å². The number of esters is 1. The third-order valence-corrected chi connectivity index (χ3v) is 4.14. The summed E-state index contributed by atoms with van der Waals surface area (Å²) in [5.74, 6) is -0.140. The van der Waals surface area contributed by atoms with Crippen LogP contribution in [0.1, 0.15) is 36.2 Å². The van der Waals surface area contributed by atoms with Crippen LogP contribution in [0.5, 0.6) is 5.75 Å². The minimum Gasteiger partial charge on any atom is -0.481 e. The van der Waals surface area contributed by atoms with Gasteiger partial charge >= 0.3 is 5.97 Å². The summed E-state index contributed by atoms with van der Waals surface area (Å²) in [6, 6.07) is 11.9. The van der Waals surface area contributed by atoms with Crippen LogP contribution in [-0.4, -0.2) is 24.6 Å². The molecule has 138 valence electrons. The number of hydrogen-bond acceptors (Lipinski definition) is 4. The SMILES string of the molecule is CCOC(=O)c1cccc(NC(=O)[C@H](CC)Oc2ccc(Cl)c(C)c2)c1. The molecule has 0 spiro atoms. The van der Waals surface area contributed by atoms with Crippen LogP contribution in [0.4, 0.5) is 5.69 Å². The molecular formula is C20H22ClNO4. The number of hydrogen-bond donors (Lipinski definition) is 1. The third-order valence-electron chi connectivity index (χ3n) is 3.71. The van der Waals surface area contributed by atoms with Crippen LogP contribution < -0.4 is 10.1 Å². The van der Waals surface area contributed by atoms with Crippen LogP contribution in [0.3, 0.4) is 0 Å². The first-order valence-corrected chi connectivity index (χ1v) is 8.83. The smallest absolute Gasteiger partial charge is 0.338 e. The summed E-state index contributed by atoms with van der Waals surface area (Å²) in [5, 5.41) is 3.42. The number of carbonyl (C=O) groups is 2. The van der Waals surface area contributed by atoms with E-state index in [1.165, 1.54) is 0 Å². The second kappa shape index (κ2) is 9.25. The molecule has 2 aromatic carbocycles. The molecule has 1 N–H and O–H groups in total. The summed E-state index contributed by atoms with van der Waals surface area (Å²) in [7, 11) is 0. The average molecular weight is 376 g/mol. The van der Waals surface area contributed by atoms with Crippen molar-refractivity contribution < 1.29 is 19.1 Å². The highest BCUT2D eigenvalue weighted by Gasteiger charge is 2.19. The second-order valence-electron chi connectivity index (χ2n) is 5.72. The Morgan fingerprint density at radius 1 is 1.15 bits per heavy atom. The van der Waals surface area contributed by atoms with Crippen molar-refractivity contribution in [2.45, 2.75) is 33.3 Å². The molecule has 0 heterocycles. The molecule has 0 fully saturated rings. The first-order chi connectivity index (χ1) is 12.4. The van der Waals surface area contributed by atoms with E-state index in [1.807, 2.05) is 13.8 Å². The van der Waals surface area contributed by atoms with Crippen LogP contribution in [-0.2, 0) is 9.53 Å². The lowest BCUT2D eigenvalue weighted by atomic mass is 10.2. The summed E-state index contributed by atoms with van der Waals surface area (Å²) in [5.41, 5.74) is 1.77. The van der Waals surface area contributed by atoms with Gasteiger partial charge in [0.25, 0.3) is 5.91 Å². The van der Waals surface area contributed by atoms with E-state index in [0.29, 0.717) is 35.1 Å². The van der Waals surface area contributed by atoms with Gasteiger partial charge in [-0.2, -0.15) is 0 Å². The predicted molar refractivity (Wildman–Crippen MR) is 102 cm³/mol. The number of rotatable bonds is 7. The topological polar surface area (TPSA) is 64.6 Å². The predicted octanol–water partition coefficient (Wildman–Crippen LogP) is 4.62. The molecule has 0 aliphatic carbocycles. The van der Waals surface area contributed by atoms with E-state index in [4.69, 9.17) is 21.1 Å². The molecule has 0 aromatic heterocycles. The van der Waals surface area contributed by atoms with Gasteiger partial charge in [-0.3, -0.25) is 4.79 Å². The number of ether oxygens (including phenoxy) is 2. The maximum absolute atomic E-state index is 12.5. The molecule has 0 saturated carbocycles. The van der Waals surface area contributed by atoms with Gasteiger partial charge in [0.15, 0.2) is 6.10 Å². The Balaban J connectivity index is 2.08. The molecule has 0 saturated heterocycles. The molecule has 6 heteroatoms. The summed E-state index contributed by atoms with van der Waals surface area (Å²) in [6.07, 6.45) is -0.174. The van der Waals surface area contributed by atoms with E-state index in [9.17, 15) is 9.59 Å². The second-order valence-corrected chi connectivity index (χ2v) is 6.12. The van der Waals surface area contributed by atoms with Gasteiger partial charge in [0.2, 0.25) is 0 Å². The molecule has 0 bridgehead atoms. The van der Waals surface area contributed by atoms with E-state index in [0.717, 1.165) is 5.56 Å². The van der Waals surface area contributed by atoms with Crippen LogP contribution in [0.15, 0.2) is 42.5 Å². The van der Waals surface area contributed by atoms with Crippen molar-refractivity contribution in [3.05, 3.63) is 58.6 Å². The van der Waals surface area contributed by atoms with Crippen molar-refractivity contribution in [2.75, 3.05) is 11.9 Å². The quantitative estimate of drug-likeness (QED) is 0.717. The van der Waals surface area contributed by atoms with E-state index in [1.54, 1.807) is 49.4 Å². The molecule has 1 atom stereocenters. The fourth-order valence-corrected chi connectivity index (χ4v) is 2.46. The lowest BCUT2D eigenvalue weighted by Gasteiger charge is -2.18. The minimum absolute atomic E-state index is 0.291. The van der Waals surface area contributed by atoms with E-state index >= 15 is 0 Å². The molecule has 0 radical (unpaired) electrons. The molecule has 0 aliphatic heterocycles. The van der Waals surface area contributed by atoms with Crippen molar-refractivity contribution in [1.29, 1.82) is 0 Å². The van der Waals surface area contributed by atoms with Gasteiger partial charge in [-0.15, -0.1) is 0 Å². The Labute approximate surface area is 158 Å². The standard InChI is InChI=1S/C20H22ClNO4/c1-4-18(26-16-9-10-17(21)13(3)11-16)19(23)22-15-8-6-7-14(12-15)20(24)25-5-2/h6-12,18H,4-5H2,1-3H3,(H,22,23)/t18-/m0/s1. The zero-order valence-corrected chi connectivity index (χ0v) is 15.8. The average Bonchev–Trinajstić information content (AvgIpc) is 2.63. The molecule has 5 nitrogen and oxygen atoms in total. The Kier molecular flexibility index (Phi) is 7.04. The normalized spacial score (nSPS) is 11.5. The minimum atomic E-state index is -0.665. The maximum atomic E-state index is 12.5. The highest BCUT2D eigenvalue weighted by Crippen LogP contribution is 2.23. The van der Waals surface area contributed by atoms with Crippen molar-refractivity contribution in [3.63, 3.8) is 0 Å². The largest absolute Gasteiger partial charge is 0.481 e. The molecule has 26 heavy (non-hydrogen) atoms. The molecule has 1 amide bonds. The monoisotopic (exact) mass is 375 g/mol. The van der Waals surface area contributed by atoms with Gasteiger partial charge in [-0.1, -0.05) is 24.6 Å². The number of nitrogens with one attached hydrogen (secondary N) is 1. The molecule has 0 unspecified atom stereocenters. The number of halogens is 1. The summed E-state index contributed by atoms with van der Waals surface area (Å²) >= 11 is 6.01. The Bertz CT molecular complexity index is 791. The molecule has 2 aromatic rings. The summed E-state index contributed by atoms with van der Waals surface area (Å²) in [6.45, 7) is 5.77.